The van der Waals surface area contributed by atoms with Gasteiger partial charge in [0.25, 0.3) is 5.91 Å². The highest BCUT2D eigenvalue weighted by molar-refractivity contribution is 6.00. The minimum absolute atomic E-state index is 0.0633. The molecule has 130 valence electrons. The van der Waals surface area contributed by atoms with Crippen LogP contribution in [0.3, 0.4) is 0 Å². The molecule has 2 heterocycles. The molecule has 1 aromatic rings. The Morgan fingerprint density at radius 3 is 3.00 bits per heavy atom. The third-order valence-corrected chi connectivity index (χ3v) is 4.44. The van der Waals surface area contributed by atoms with E-state index < -0.39 is 6.10 Å². The second kappa shape index (κ2) is 7.21. The van der Waals surface area contributed by atoms with Crippen molar-refractivity contribution in [1.82, 2.24) is 5.32 Å². The molecule has 1 N–H and O–H groups in total. The fourth-order valence-corrected chi connectivity index (χ4v) is 3.08. The van der Waals surface area contributed by atoms with Gasteiger partial charge in [-0.1, -0.05) is 6.07 Å². The van der Waals surface area contributed by atoms with Gasteiger partial charge in [-0.25, -0.2) is 0 Å². The van der Waals surface area contributed by atoms with Crippen LogP contribution in [0.4, 0.5) is 5.69 Å². The highest BCUT2D eigenvalue weighted by Crippen LogP contribution is 2.34. The summed E-state index contributed by atoms with van der Waals surface area (Å²) in [7, 11) is 0. The molecule has 2 amide bonds. The van der Waals surface area contributed by atoms with E-state index in [0.717, 1.165) is 30.7 Å². The highest BCUT2D eigenvalue weighted by Gasteiger charge is 2.31. The van der Waals surface area contributed by atoms with Crippen molar-refractivity contribution < 1.29 is 19.1 Å². The third-order valence-electron chi connectivity index (χ3n) is 4.44. The van der Waals surface area contributed by atoms with Gasteiger partial charge in [-0.2, -0.15) is 0 Å². The second-order valence-corrected chi connectivity index (χ2v) is 6.41. The molecule has 1 saturated heterocycles. The summed E-state index contributed by atoms with van der Waals surface area (Å²) < 4.78 is 11.1. The predicted octanol–water partition coefficient (Wildman–Crippen LogP) is 1.79. The molecule has 0 aliphatic carbocycles. The zero-order chi connectivity index (χ0) is 17.1. The van der Waals surface area contributed by atoms with Crippen LogP contribution in [-0.2, 0) is 14.3 Å². The van der Waals surface area contributed by atoms with Crippen molar-refractivity contribution in [1.29, 1.82) is 0 Å². The standard InChI is InChI=1S/C18H24N2O4/c1-12-5-6-16-15(10-12)20(18(22)13(2)24-16)8-7-17(21)19-11-14-4-3-9-23-14/h5-6,10,13-14H,3-4,7-9,11H2,1-2H3,(H,19,21). The van der Waals surface area contributed by atoms with Gasteiger partial charge in [0, 0.05) is 26.1 Å². The number of nitrogens with one attached hydrogen (secondary N) is 1. The van der Waals surface area contributed by atoms with Crippen molar-refractivity contribution in [3.63, 3.8) is 0 Å². The smallest absolute Gasteiger partial charge is 0.267 e. The van der Waals surface area contributed by atoms with Crippen LogP contribution < -0.4 is 15.0 Å². The van der Waals surface area contributed by atoms with Gasteiger partial charge in [0.1, 0.15) is 5.75 Å². The van der Waals surface area contributed by atoms with Gasteiger partial charge < -0.3 is 19.7 Å². The number of benzene rings is 1. The minimum atomic E-state index is -0.532. The molecule has 24 heavy (non-hydrogen) atoms. The molecule has 3 rings (SSSR count). The first-order chi connectivity index (χ1) is 11.5. The fraction of sp³-hybridized carbons (Fsp3) is 0.556. The number of amides is 2. The van der Waals surface area contributed by atoms with E-state index in [9.17, 15) is 9.59 Å². The number of anilines is 1. The predicted molar refractivity (Wildman–Crippen MR) is 90.2 cm³/mol. The summed E-state index contributed by atoms with van der Waals surface area (Å²) in [6, 6.07) is 5.75. The van der Waals surface area contributed by atoms with E-state index >= 15 is 0 Å². The number of fused-ring (bicyclic) bond motifs is 1. The first-order valence-corrected chi connectivity index (χ1v) is 8.51. The number of rotatable bonds is 5. The van der Waals surface area contributed by atoms with Crippen LogP contribution in [0, 0.1) is 6.92 Å². The van der Waals surface area contributed by atoms with Crippen molar-refractivity contribution in [3.05, 3.63) is 23.8 Å². The van der Waals surface area contributed by atoms with Gasteiger partial charge in [-0.15, -0.1) is 0 Å². The van der Waals surface area contributed by atoms with Crippen molar-refractivity contribution in [2.45, 2.75) is 45.3 Å². The third kappa shape index (κ3) is 3.70. The SMILES string of the molecule is Cc1ccc2c(c1)N(CCC(=O)NCC1CCCO1)C(=O)C(C)O2. The summed E-state index contributed by atoms with van der Waals surface area (Å²) in [5.41, 5.74) is 1.79. The number of carbonyl (C=O) groups is 2. The molecule has 2 aliphatic heterocycles. The molecule has 0 bridgehead atoms. The summed E-state index contributed by atoms with van der Waals surface area (Å²) in [6.45, 7) is 5.37. The Hall–Kier alpha value is -2.08. The van der Waals surface area contributed by atoms with Crippen molar-refractivity contribution in [3.8, 4) is 5.75 Å². The lowest BCUT2D eigenvalue weighted by Gasteiger charge is -2.33. The summed E-state index contributed by atoms with van der Waals surface area (Å²) in [4.78, 5) is 26.2. The van der Waals surface area contributed by atoms with Crippen molar-refractivity contribution in [2.75, 3.05) is 24.6 Å². The zero-order valence-electron chi connectivity index (χ0n) is 14.2. The first kappa shape index (κ1) is 16.8. The lowest BCUT2D eigenvalue weighted by atomic mass is 10.1. The Kier molecular flexibility index (Phi) is 5.04. The monoisotopic (exact) mass is 332 g/mol. The lowest BCUT2D eigenvalue weighted by Crippen LogP contribution is -2.46. The van der Waals surface area contributed by atoms with Crippen LogP contribution in [0.2, 0.25) is 0 Å². The van der Waals surface area contributed by atoms with E-state index in [1.807, 2.05) is 25.1 Å². The topological polar surface area (TPSA) is 67.9 Å². The Balaban J connectivity index is 1.60. The second-order valence-electron chi connectivity index (χ2n) is 6.41. The summed E-state index contributed by atoms with van der Waals surface area (Å²) in [5, 5.41) is 2.89. The van der Waals surface area contributed by atoms with Crippen molar-refractivity contribution >= 4 is 17.5 Å². The summed E-state index contributed by atoms with van der Waals surface area (Å²) in [6.07, 6.45) is 1.90. The van der Waals surface area contributed by atoms with Gasteiger partial charge in [-0.05, 0) is 44.4 Å². The van der Waals surface area contributed by atoms with E-state index in [4.69, 9.17) is 9.47 Å². The quantitative estimate of drug-likeness (QED) is 0.893. The maximum Gasteiger partial charge on any atom is 0.267 e. The normalized spacial score (nSPS) is 22.9. The van der Waals surface area contributed by atoms with Gasteiger partial charge in [0.15, 0.2) is 6.10 Å². The Morgan fingerprint density at radius 2 is 2.25 bits per heavy atom. The fourth-order valence-electron chi connectivity index (χ4n) is 3.08. The van der Waals surface area contributed by atoms with E-state index in [1.54, 1.807) is 11.8 Å². The highest BCUT2D eigenvalue weighted by atomic mass is 16.5. The summed E-state index contributed by atoms with van der Waals surface area (Å²) in [5.74, 6) is 0.513. The van der Waals surface area contributed by atoms with Gasteiger partial charge in [0.2, 0.25) is 5.91 Å². The van der Waals surface area contributed by atoms with Crippen LogP contribution in [0.1, 0.15) is 31.7 Å². The van der Waals surface area contributed by atoms with Crippen LogP contribution >= 0.6 is 0 Å². The molecule has 0 radical (unpaired) electrons. The maximum absolute atomic E-state index is 12.4. The van der Waals surface area contributed by atoms with E-state index in [1.165, 1.54) is 0 Å². The molecule has 1 aromatic carbocycles. The van der Waals surface area contributed by atoms with Gasteiger partial charge in [0.05, 0.1) is 11.8 Å². The number of hydrogen-bond acceptors (Lipinski definition) is 4. The average molecular weight is 332 g/mol. The Bertz CT molecular complexity index is 625. The maximum atomic E-state index is 12.4. The molecule has 0 aromatic heterocycles. The van der Waals surface area contributed by atoms with E-state index in [2.05, 4.69) is 5.32 Å². The van der Waals surface area contributed by atoms with Crippen molar-refractivity contribution in [2.24, 2.45) is 0 Å². The number of aryl methyl sites for hydroxylation is 1. The molecular weight excluding hydrogens is 308 g/mol. The van der Waals surface area contributed by atoms with Gasteiger partial charge in [-0.3, -0.25) is 9.59 Å². The molecule has 0 spiro atoms. The molecule has 6 nitrogen and oxygen atoms in total. The Labute approximate surface area is 142 Å². The number of hydrogen-bond donors (Lipinski definition) is 1. The average Bonchev–Trinajstić information content (AvgIpc) is 3.07. The van der Waals surface area contributed by atoms with Crippen LogP contribution in [0.5, 0.6) is 5.75 Å². The first-order valence-electron chi connectivity index (χ1n) is 8.51. The number of nitrogens with zero attached hydrogens (tertiary/aromatic N) is 1. The lowest BCUT2D eigenvalue weighted by molar-refractivity contribution is -0.125. The minimum Gasteiger partial charge on any atom is -0.479 e. The van der Waals surface area contributed by atoms with Crippen LogP contribution in [0.25, 0.3) is 0 Å². The number of ether oxygens (including phenoxy) is 2. The number of carbonyl (C=O) groups excluding carboxylic acids is 2. The molecule has 2 aliphatic rings. The molecule has 2 atom stereocenters. The van der Waals surface area contributed by atoms with Crippen LogP contribution in [-0.4, -0.2) is 43.7 Å². The molecule has 1 fully saturated rings. The summed E-state index contributed by atoms with van der Waals surface area (Å²) >= 11 is 0. The molecule has 6 heteroatoms. The molecular formula is C18H24N2O4. The largest absolute Gasteiger partial charge is 0.479 e. The van der Waals surface area contributed by atoms with E-state index in [-0.39, 0.29) is 24.3 Å². The molecule has 2 unspecified atom stereocenters. The van der Waals surface area contributed by atoms with Crippen LogP contribution in [0.15, 0.2) is 18.2 Å². The van der Waals surface area contributed by atoms with Gasteiger partial charge >= 0.3 is 0 Å². The molecule has 0 saturated carbocycles. The zero-order valence-corrected chi connectivity index (χ0v) is 14.2. The van der Waals surface area contributed by atoms with E-state index in [0.29, 0.717) is 18.8 Å². The Morgan fingerprint density at radius 1 is 1.42 bits per heavy atom.